The lowest BCUT2D eigenvalue weighted by molar-refractivity contribution is -0.148. The zero-order valence-corrected chi connectivity index (χ0v) is 16.7. The van der Waals surface area contributed by atoms with Crippen LogP contribution in [-0.2, 0) is 25.6 Å². The minimum Gasteiger partial charge on any atom is -0.480 e. The Balaban J connectivity index is 1.46. The van der Waals surface area contributed by atoms with Crippen molar-refractivity contribution in [2.45, 2.75) is 50.6 Å². The topological polar surface area (TPSA) is 127 Å². The van der Waals surface area contributed by atoms with Crippen molar-refractivity contribution in [3.05, 3.63) is 29.8 Å². The Morgan fingerprint density at radius 2 is 1.40 bits per heavy atom. The number of nitrogens with one attached hydrogen (secondary N) is 1. The number of aliphatic carboxylic acids is 2. The Labute approximate surface area is 174 Å². The highest BCUT2D eigenvalue weighted by molar-refractivity contribution is 5.87. The van der Waals surface area contributed by atoms with Gasteiger partial charge in [-0.1, -0.05) is 12.1 Å². The molecule has 2 atom stereocenters. The predicted molar refractivity (Wildman–Crippen MR) is 108 cm³/mol. The average Bonchev–Trinajstić information content (AvgIpc) is 3.40. The number of carboxylic acid groups (broad SMARTS) is 2. The molecule has 3 N–H and O–H groups in total. The van der Waals surface area contributed by atoms with Crippen LogP contribution < -0.4 is 5.32 Å². The van der Waals surface area contributed by atoms with E-state index in [1.165, 1.54) is 9.80 Å². The summed E-state index contributed by atoms with van der Waals surface area (Å²) in [5, 5.41) is 21.4. The highest BCUT2D eigenvalue weighted by Crippen LogP contribution is 2.20. The van der Waals surface area contributed by atoms with Gasteiger partial charge in [-0.25, -0.2) is 9.59 Å². The zero-order chi connectivity index (χ0) is 21.7. The van der Waals surface area contributed by atoms with Crippen LogP contribution in [0.25, 0.3) is 0 Å². The summed E-state index contributed by atoms with van der Waals surface area (Å²) in [5.74, 6) is -2.31. The molecule has 30 heavy (non-hydrogen) atoms. The Bertz CT molecular complexity index is 742. The number of carbonyl (C=O) groups is 4. The molecule has 0 unspecified atom stereocenters. The smallest absolute Gasteiger partial charge is 0.326 e. The zero-order valence-electron chi connectivity index (χ0n) is 16.7. The van der Waals surface area contributed by atoms with Crippen LogP contribution in [0.15, 0.2) is 24.3 Å². The molecule has 0 spiro atoms. The monoisotopic (exact) mass is 417 g/mol. The summed E-state index contributed by atoms with van der Waals surface area (Å²) in [6.45, 7) is 0.976. The molecule has 162 valence electrons. The number of amides is 2. The quantitative estimate of drug-likeness (QED) is 0.580. The maximum atomic E-state index is 12.3. The van der Waals surface area contributed by atoms with Gasteiger partial charge in [0, 0.05) is 25.2 Å². The average molecular weight is 417 g/mol. The van der Waals surface area contributed by atoms with E-state index < -0.39 is 24.0 Å². The molecule has 2 aliphatic rings. The van der Waals surface area contributed by atoms with E-state index in [0.29, 0.717) is 45.2 Å². The van der Waals surface area contributed by atoms with Crippen LogP contribution in [0.3, 0.4) is 0 Å². The number of carboxylic acids is 2. The molecule has 1 aromatic rings. The van der Waals surface area contributed by atoms with Crippen LogP contribution in [0.5, 0.6) is 0 Å². The predicted octanol–water partition coefficient (Wildman–Crippen LogP) is 1.18. The van der Waals surface area contributed by atoms with E-state index in [4.69, 9.17) is 0 Å². The van der Waals surface area contributed by atoms with E-state index in [2.05, 4.69) is 5.32 Å². The number of hydrogen-bond donors (Lipinski definition) is 3. The Kier molecular flexibility index (Phi) is 6.91. The number of hydrogen-bond acceptors (Lipinski definition) is 5. The molecule has 0 radical (unpaired) electrons. The van der Waals surface area contributed by atoms with Crippen LogP contribution in [0.2, 0.25) is 0 Å². The van der Waals surface area contributed by atoms with E-state index in [9.17, 15) is 29.4 Å². The molecule has 0 bridgehead atoms. The number of nitrogens with zero attached hydrogens (tertiary/aromatic N) is 2. The van der Waals surface area contributed by atoms with Crippen molar-refractivity contribution < 1.29 is 29.4 Å². The number of rotatable bonds is 8. The molecular formula is C21H27N3O6. The highest BCUT2D eigenvalue weighted by Gasteiger charge is 2.34. The van der Waals surface area contributed by atoms with Crippen molar-refractivity contribution in [3.8, 4) is 0 Å². The molecule has 0 aliphatic carbocycles. The van der Waals surface area contributed by atoms with Gasteiger partial charge in [0.05, 0.1) is 6.54 Å². The highest BCUT2D eigenvalue weighted by atomic mass is 16.4. The number of likely N-dealkylation sites (tertiary alicyclic amines) is 2. The molecule has 0 saturated carbocycles. The first kappa shape index (κ1) is 21.6. The van der Waals surface area contributed by atoms with Gasteiger partial charge in [0.25, 0.3) is 0 Å². The third-order valence-electron chi connectivity index (χ3n) is 5.74. The molecule has 9 heteroatoms. The van der Waals surface area contributed by atoms with Crippen LogP contribution in [0.4, 0.5) is 5.69 Å². The molecule has 0 aromatic heterocycles. The summed E-state index contributed by atoms with van der Waals surface area (Å²) in [5.41, 5.74) is 1.67. The number of aryl methyl sites for hydroxylation is 1. The van der Waals surface area contributed by atoms with E-state index in [1.54, 1.807) is 0 Å². The maximum absolute atomic E-state index is 12.3. The van der Waals surface area contributed by atoms with Crippen LogP contribution in [-0.4, -0.2) is 75.5 Å². The first-order valence-corrected chi connectivity index (χ1v) is 10.2. The first-order valence-electron chi connectivity index (χ1n) is 10.2. The van der Waals surface area contributed by atoms with Gasteiger partial charge in [-0.2, -0.15) is 0 Å². The van der Waals surface area contributed by atoms with E-state index in [1.807, 2.05) is 24.3 Å². The van der Waals surface area contributed by atoms with Gasteiger partial charge in [-0.3, -0.25) is 9.59 Å². The van der Waals surface area contributed by atoms with Gasteiger partial charge < -0.3 is 25.3 Å². The third-order valence-corrected chi connectivity index (χ3v) is 5.74. The minimum absolute atomic E-state index is 0.0210. The molecular weight excluding hydrogens is 390 g/mol. The van der Waals surface area contributed by atoms with Gasteiger partial charge in [-0.05, 0) is 49.8 Å². The minimum atomic E-state index is -0.969. The molecule has 2 heterocycles. The second-order valence-electron chi connectivity index (χ2n) is 7.72. The van der Waals surface area contributed by atoms with Crippen LogP contribution in [0, 0.1) is 0 Å². The maximum Gasteiger partial charge on any atom is 0.326 e. The molecule has 2 amide bonds. The van der Waals surface area contributed by atoms with Crippen molar-refractivity contribution in [1.82, 2.24) is 9.80 Å². The fourth-order valence-electron chi connectivity index (χ4n) is 4.11. The summed E-state index contributed by atoms with van der Waals surface area (Å²) < 4.78 is 0. The lowest BCUT2D eigenvalue weighted by Crippen LogP contribution is -2.43. The van der Waals surface area contributed by atoms with E-state index in [-0.39, 0.29) is 24.8 Å². The number of carbonyl (C=O) groups excluding carboxylic acids is 2. The molecule has 2 saturated heterocycles. The van der Waals surface area contributed by atoms with Crippen LogP contribution >= 0.6 is 0 Å². The van der Waals surface area contributed by atoms with Gasteiger partial charge >= 0.3 is 11.9 Å². The summed E-state index contributed by atoms with van der Waals surface area (Å²) >= 11 is 0. The molecule has 3 rings (SSSR count). The lowest BCUT2D eigenvalue weighted by atomic mass is 10.1. The fraction of sp³-hybridized carbons (Fsp3) is 0.524. The number of benzene rings is 1. The van der Waals surface area contributed by atoms with Crippen LogP contribution in [0.1, 0.15) is 37.7 Å². The van der Waals surface area contributed by atoms with Crippen molar-refractivity contribution >= 4 is 29.4 Å². The summed E-state index contributed by atoms with van der Waals surface area (Å²) in [6.07, 6.45) is 3.16. The van der Waals surface area contributed by atoms with Crippen molar-refractivity contribution in [3.63, 3.8) is 0 Å². The number of anilines is 1. The van der Waals surface area contributed by atoms with Gasteiger partial charge in [0.2, 0.25) is 11.8 Å². The Morgan fingerprint density at radius 3 is 1.93 bits per heavy atom. The Morgan fingerprint density at radius 1 is 0.867 bits per heavy atom. The second-order valence-corrected chi connectivity index (χ2v) is 7.72. The van der Waals surface area contributed by atoms with E-state index in [0.717, 1.165) is 11.3 Å². The fourth-order valence-corrected chi connectivity index (χ4v) is 4.11. The molecule has 1 aromatic carbocycles. The lowest BCUT2D eigenvalue weighted by Gasteiger charge is -2.22. The van der Waals surface area contributed by atoms with Crippen molar-refractivity contribution in [1.29, 1.82) is 0 Å². The molecule has 9 nitrogen and oxygen atoms in total. The second kappa shape index (κ2) is 9.60. The first-order chi connectivity index (χ1) is 14.4. The third kappa shape index (κ3) is 5.08. The van der Waals surface area contributed by atoms with Crippen molar-refractivity contribution in [2.24, 2.45) is 0 Å². The van der Waals surface area contributed by atoms with Gasteiger partial charge in [0.15, 0.2) is 0 Å². The summed E-state index contributed by atoms with van der Waals surface area (Å²) in [4.78, 5) is 49.9. The largest absolute Gasteiger partial charge is 0.480 e. The van der Waals surface area contributed by atoms with E-state index >= 15 is 0 Å². The SMILES string of the molecule is O=C(O)[C@H]1CCCN1C(=O)CCc1ccc(NCC(=O)N2CCC[C@@H]2C(=O)O)cc1. The summed E-state index contributed by atoms with van der Waals surface area (Å²) in [6, 6.07) is 5.88. The van der Waals surface area contributed by atoms with Gasteiger partial charge in [-0.15, -0.1) is 0 Å². The van der Waals surface area contributed by atoms with Crippen molar-refractivity contribution in [2.75, 3.05) is 25.0 Å². The standard InChI is InChI=1S/C21H27N3O6/c25-18(23-11-1-3-16(23)20(27)28)10-7-14-5-8-15(9-6-14)22-13-19(26)24-12-2-4-17(24)21(29)30/h5-6,8-9,16-17,22H,1-4,7,10-13H2,(H,27,28)(H,29,30)/t16-,17-/m1/s1. The normalized spacial score (nSPS) is 20.9. The molecule has 2 fully saturated rings. The Hall–Kier alpha value is -3.10. The van der Waals surface area contributed by atoms with Gasteiger partial charge in [0.1, 0.15) is 12.1 Å². The summed E-state index contributed by atoms with van der Waals surface area (Å²) in [7, 11) is 0. The molecule has 2 aliphatic heterocycles.